The SMILES string of the molecule is CCCCCCCC/C=C\CCCCCCCCCCCCCC(=O)N[C@@H](CO[C@@H]1O[C@H](CO)[C@H](O)[C@H](OS(=O)(=O)[O-])[C@H]1O)[C@H](O)/C=C/CCCCCCCCCCCCC.[Na+]. The maximum atomic E-state index is 13.0. The molecule has 12 nitrogen and oxygen atoms in total. The van der Waals surface area contributed by atoms with Crippen molar-refractivity contribution in [3.63, 3.8) is 0 Å². The Hall–Kier alpha value is -0.420. The number of allylic oxidation sites excluding steroid dienone is 3. The van der Waals surface area contributed by atoms with E-state index in [0.29, 0.717) is 6.42 Å². The van der Waals surface area contributed by atoms with E-state index in [2.05, 4.69) is 35.5 Å². The number of hydrogen-bond donors (Lipinski definition) is 5. The van der Waals surface area contributed by atoms with Gasteiger partial charge in [0.25, 0.3) is 0 Å². The van der Waals surface area contributed by atoms with Crippen molar-refractivity contribution in [2.75, 3.05) is 13.2 Å². The first-order valence-electron chi connectivity index (χ1n) is 24.7. The summed E-state index contributed by atoms with van der Waals surface area (Å²) in [6.07, 6.45) is 36.1. The molecule has 1 aliphatic heterocycles. The smallest absolute Gasteiger partial charge is 0.726 e. The van der Waals surface area contributed by atoms with Crippen molar-refractivity contribution in [3.8, 4) is 0 Å². The van der Waals surface area contributed by atoms with Gasteiger partial charge in [-0.15, -0.1) is 0 Å². The summed E-state index contributed by atoms with van der Waals surface area (Å²) < 4.78 is 49.3. The summed E-state index contributed by atoms with van der Waals surface area (Å²) in [6, 6.07) is -0.953. The van der Waals surface area contributed by atoms with Gasteiger partial charge in [0.05, 0.1) is 25.4 Å². The summed E-state index contributed by atoms with van der Waals surface area (Å²) >= 11 is 0. The Kier molecular flexibility index (Phi) is 41.7. The van der Waals surface area contributed by atoms with Gasteiger partial charge in [0.15, 0.2) is 6.29 Å². The van der Waals surface area contributed by atoms with Crippen molar-refractivity contribution < 1.29 is 81.4 Å². The van der Waals surface area contributed by atoms with Crippen molar-refractivity contribution in [3.05, 3.63) is 24.3 Å². The number of rotatable bonds is 42. The summed E-state index contributed by atoms with van der Waals surface area (Å²) in [5, 5.41) is 44.6. The maximum Gasteiger partial charge on any atom is 1.00 e. The van der Waals surface area contributed by atoms with Gasteiger partial charge >= 0.3 is 29.6 Å². The number of carbonyl (C=O) groups excluding carboxylic acids is 1. The number of aliphatic hydroxyl groups is 4. The summed E-state index contributed by atoms with van der Waals surface area (Å²) in [7, 11) is -5.33. The minimum absolute atomic E-state index is 0. The number of hydrogen-bond acceptors (Lipinski definition) is 11. The van der Waals surface area contributed by atoms with Gasteiger partial charge in [-0.25, -0.2) is 8.42 Å². The van der Waals surface area contributed by atoms with Crippen molar-refractivity contribution in [2.45, 2.75) is 262 Å². The van der Waals surface area contributed by atoms with Crippen molar-refractivity contribution >= 4 is 16.3 Å². The van der Waals surface area contributed by atoms with Crippen LogP contribution in [0.25, 0.3) is 0 Å². The normalized spacial score (nSPS) is 20.5. The minimum atomic E-state index is -5.33. The quantitative estimate of drug-likeness (QED) is 0.0143. The first kappa shape index (κ1) is 61.6. The average Bonchev–Trinajstić information content (AvgIpc) is 3.23. The second-order valence-electron chi connectivity index (χ2n) is 17.4. The van der Waals surface area contributed by atoms with Crippen LogP contribution in [0.1, 0.15) is 219 Å². The van der Waals surface area contributed by atoms with Crippen molar-refractivity contribution in [2.24, 2.45) is 0 Å². The summed E-state index contributed by atoms with van der Waals surface area (Å²) in [5.74, 6) is -0.271. The molecule has 0 radical (unpaired) electrons. The molecule has 1 saturated heterocycles. The molecule has 62 heavy (non-hydrogen) atoms. The van der Waals surface area contributed by atoms with Crippen LogP contribution in [-0.4, -0.2) is 95.4 Å². The number of amides is 1. The molecule has 1 fully saturated rings. The molecule has 14 heteroatoms. The molecule has 0 aromatic carbocycles. The molecular formula is C48H90NNaO11S. The third-order valence-electron chi connectivity index (χ3n) is 11.7. The van der Waals surface area contributed by atoms with E-state index in [0.717, 1.165) is 38.5 Å². The largest absolute Gasteiger partial charge is 1.00 e. The van der Waals surface area contributed by atoms with Crippen LogP contribution in [0, 0.1) is 0 Å². The maximum absolute atomic E-state index is 13.0. The zero-order valence-corrected chi connectivity index (χ0v) is 42.3. The molecule has 0 unspecified atom stereocenters. The Labute approximate surface area is 400 Å². The molecule has 1 amide bonds. The molecule has 0 saturated carbocycles. The van der Waals surface area contributed by atoms with E-state index >= 15 is 0 Å². The second kappa shape index (κ2) is 42.0. The van der Waals surface area contributed by atoms with E-state index in [1.165, 1.54) is 154 Å². The van der Waals surface area contributed by atoms with Gasteiger partial charge in [-0.2, -0.15) is 0 Å². The van der Waals surface area contributed by atoms with Crippen molar-refractivity contribution in [1.82, 2.24) is 5.32 Å². The second-order valence-corrected chi connectivity index (χ2v) is 18.4. The number of aliphatic hydroxyl groups excluding tert-OH is 4. The zero-order chi connectivity index (χ0) is 44.8. The number of carbonyl (C=O) groups is 1. The Morgan fingerprint density at radius 1 is 0.661 bits per heavy atom. The molecule has 5 N–H and O–H groups in total. The van der Waals surface area contributed by atoms with Crippen LogP contribution in [0.4, 0.5) is 0 Å². The van der Waals surface area contributed by atoms with Gasteiger partial charge in [-0.05, 0) is 44.9 Å². The predicted octanol–water partition coefficient (Wildman–Crippen LogP) is 6.77. The third-order valence-corrected chi connectivity index (χ3v) is 12.2. The molecule has 0 aliphatic carbocycles. The summed E-state index contributed by atoms with van der Waals surface area (Å²) in [4.78, 5) is 13.0. The van der Waals surface area contributed by atoms with Crippen LogP contribution in [0.2, 0.25) is 0 Å². The van der Waals surface area contributed by atoms with Crippen LogP contribution in [0.5, 0.6) is 0 Å². The van der Waals surface area contributed by atoms with Crippen LogP contribution < -0.4 is 34.9 Å². The fourth-order valence-corrected chi connectivity index (χ4v) is 8.36. The van der Waals surface area contributed by atoms with Gasteiger partial charge in [-0.1, -0.05) is 192 Å². The average molecular weight is 912 g/mol. The first-order valence-corrected chi connectivity index (χ1v) is 26.0. The molecule has 1 heterocycles. The molecule has 0 spiro atoms. The fourth-order valence-electron chi connectivity index (χ4n) is 7.86. The Bertz CT molecular complexity index is 1190. The molecule has 1 aliphatic rings. The van der Waals surface area contributed by atoms with E-state index in [1.54, 1.807) is 6.08 Å². The molecule has 1 rings (SSSR count). The van der Waals surface area contributed by atoms with Crippen LogP contribution in [0.3, 0.4) is 0 Å². The standard InChI is InChI=1S/C48H91NO11S.Na/c1-3-5-7-9-11-13-15-17-18-19-20-21-22-23-24-26-28-30-32-34-36-38-44(52)49-41(42(51)37-35-33-31-29-27-25-16-14-12-10-8-6-4-2)40-58-48-46(54)47(60-61(55,56)57)45(53)43(39-50)59-48;/h17-18,35,37,41-43,45-48,50-51,53-54H,3-16,19-34,36,38-40H2,1-2H3,(H,49,52)(H,55,56,57);/q;+1/p-1/b18-17-,37-35+;/t41-,42+,43+,45-,46+,47-,48+;/m0./s1. The molecule has 0 bridgehead atoms. The van der Waals surface area contributed by atoms with Crippen LogP contribution in [-0.2, 0) is 28.9 Å². The number of unbranched alkanes of at least 4 members (excludes halogenated alkanes) is 28. The van der Waals surface area contributed by atoms with E-state index in [4.69, 9.17) is 9.47 Å². The van der Waals surface area contributed by atoms with Gasteiger partial charge < -0.3 is 39.8 Å². The Morgan fingerprint density at radius 3 is 1.48 bits per heavy atom. The van der Waals surface area contributed by atoms with Gasteiger partial charge in [0, 0.05) is 6.42 Å². The number of ether oxygens (including phenoxy) is 2. The first-order chi connectivity index (χ1) is 29.5. The van der Waals surface area contributed by atoms with Gasteiger partial charge in [0.1, 0.15) is 24.4 Å². The zero-order valence-electron chi connectivity index (χ0n) is 39.4. The molecular weight excluding hydrogens is 822 g/mol. The molecule has 0 aromatic heterocycles. The Morgan fingerprint density at radius 2 is 1.06 bits per heavy atom. The molecule has 7 atom stereocenters. The van der Waals surface area contributed by atoms with E-state index in [9.17, 15) is 38.2 Å². The van der Waals surface area contributed by atoms with Gasteiger partial charge in [-0.3, -0.25) is 8.98 Å². The monoisotopic (exact) mass is 912 g/mol. The van der Waals surface area contributed by atoms with E-state index in [-0.39, 0.29) is 48.5 Å². The predicted molar refractivity (Wildman–Crippen MR) is 244 cm³/mol. The minimum Gasteiger partial charge on any atom is -0.726 e. The van der Waals surface area contributed by atoms with E-state index < -0.39 is 59.9 Å². The topological polar surface area (TPSA) is 195 Å². The van der Waals surface area contributed by atoms with Crippen molar-refractivity contribution in [1.29, 1.82) is 0 Å². The molecule has 360 valence electrons. The van der Waals surface area contributed by atoms with E-state index in [1.807, 2.05) is 6.08 Å². The van der Waals surface area contributed by atoms with Crippen LogP contribution in [0.15, 0.2) is 24.3 Å². The van der Waals surface area contributed by atoms with Gasteiger partial charge in [0.2, 0.25) is 16.3 Å². The fraction of sp³-hybridized carbons (Fsp3) is 0.896. The Balaban J connectivity index is 0.0000372. The molecule has 0 aromatic rings. The summed E-state index contributed by atoms with van der Waals surface area (Å²) in [6.45, 7) is 3.35. The summed E-state index contributed by atoms with van der Waals surface area (Å²) in [5.41, 5.74) is 0. The third kappa shape index (κ3) is 34.0. The van der Waals surface area contributed by atoms with Crippen LogP contribution >= 0.6 is 0 Å². The number of nitrogens with one attached hydrogen (secondary N) is 1.